The van der Waals surface area contributed by atoms with Crippen molar-refractivity contribution in [3.63, 3.8) is 0 Å². The number of hydrogen-bond acceptors (Lipinski definition) is 3. The molecule has 0 heterocycles. The van der Waals surface area contributed by atoms with Gasteiger partial charge in [0.15, 0.2) is 0 Å². The lowest BCUT2D eigenvalue weighted by molar-refractivity contribution is 0.117. The van der Waals surface area contributed by atoms with Gasteiger partial charge < -0.3 is 20.5 Å². The van der Waals surface area contributed by atoms with Gasteiger partial charge in [-0.15, -0.1) is 0 Å². The average molecular weight is 294 g/mol. The van der Waals surface area contributed by atoms with Crippen molar-refractivity contribution in [2.75, 3.05) is 18.5 Å². The molecule has 0 aliphatic heterocycles. The Hall–Kier alpha value is -1.59. The first-order chi connectivity index (χ1) is 10.0. The van der Waals surface area contributed by atoms with Crippen LogP contribution in [0.15, 0.2) is 24.3 Å². The number of hydrogen-bond donors (Lipinski definition) is 3. The second-order valence-corrected chi connectivity index (χ2v) is 5.32. The maximum Gasteiger partial charge on any atom is 0.319 e. The molecular formula is C16H26N2O3. The minimum Gasteiger partial charge on any atom is -0.393 e. The summed E-state index contributed by atoms with van der Waals surface area (Å²) >= 11 is 0. The molecule has 0 radical (unpaired) electrons. The molecule has 0 aliphatic rings. The Kier molecular flexibility index (Phi) is 7.79. The fourth-order valence-corrected chi connectivity index (χ4v) is 1.80. The van der Waals surface area contributed by atoms with Crippen LogP contribution in [0.5, 0.6) is 0 Å². The van der Waals surface area contributed by atoms with Crippen molar-refractivity contribution < 1.29 is 14.6 Å². The highest BCUT2D eigenvalue weighted by Gasteiger charge is 2.09. The van der Waals surface area contributed by atoms with E-state index in [0.717, 1.165) is 11.3 Å². The van der Waals surface area contributed by atoms with Gasteiger partial charge in [0, 0.05) is 18.8 Å². The predicted molar refractivity (Wildman–Crippen MR) is 84.3 cm³/mol. The van der Waals surface area contributed by atoms with Crippen LogP contribution in [0.1, 0.15) is 32.8 Å². The van der Waals surface area contributed by atoms with Crippen LogP contribution in [0.3, 0.4) is 0 Å². The van der Waals surface area contributed by atoms with Crippen LogP contribution < -0.4 is 10.6 Å². The molecule has 118 valence electrons. The number of benzene rings is 1. The fraction of sp³-hybridized carbons (Fsp3) is 0.562. The standard InChI is InChI=1S/C16H26N2O3/c1-4-21-11-13-6-5-7-14(10-13)18-16(20)17-9-8-15(19)12(2)3/h5-7,10,12,15,19H,4,8-9,11H2,1-3H3,(H2,17,18,20). The van der Waals surface area contributed by atoms with E-state index in [1.54, 1.807) is 0 Å². The van der Waals surface area contributed by atoms with Crippen LogP contribution >= 0.6 is 0 Å². The quantitative estimate of drug-likeness (QED) is 0.690. The number of carbonyl (C=O) groups is 1. The number of aliphatic hydroxyl groups is 1. The summed E-state index contributed by atoms with van der Waals surface area (Å²) in [5.74, 6) is 0.199. The smallest absolute Gasteiger partial charge is 0.319 e. The van der Waals surface area contributed by atoms with E-state index in [2.05, 4.69) is 10.6 Å². The highest BCUT2D eigenvalue weighted by molar-refractivity contribution is 5.89. The van der Waals surface area contributed by atoms with Crippen molar-refractivity contribution in [3.05, 3.63) is 29.8 Å². The van der Waals surface area contributed by atoms with E-state index in [1.165, 1.54) is 0 Å². The maximum atomic E-state index is 11.8. The van der Waals surface area contributed by atoms with Gasteiger partial charge in [0.1, 0.15) is 0 Å². The minimum absolute atomic E-state index is 0.199. The zero-order valence-corrected chi connectivity index (χ0v) is 13.1. The first-order valence-corrected chi connectivity index (χ1v) is 7.42. The molecule has 1 rings (SSSR count). The van der Waals surface area contributed by atoms with Crippen molar-refractivity contribution in [2.24, 2.45) is 5.92 Å². The van der Waals surface area contributed by atoms with E-state index >= 15 is 0 Å². The Balaban J connectivity index is 2.37. The molecule has 0 spiro atoms. The number of rotatable bonds is 8. The molecule has 0 aromatic heterocycles. The van der Waals surface area contributed by atoms with Crippen LogP contribution in [0.25, 0.3) is 0 Å². The Labute approximate surface area is 126 Å². The summed E-state index contributed by atoms with van der Waals surface area (Å²) in [6.07, 6.45) is 0.162. The molecule has 1 aromatic rings. The van der Waals surface area contributed by atoms with E-state index in [-0.39, 0.29) is 18.1 Å². The van der Waals surface area contributed by atoms with E-state index in [9.17, 15) is 9.90 Å². The molecule has 2 amide bonds. The van der Waals surface area contributed by atoms with E-state index in [1.807, 2.05) is 45.0 Å². The summed E-state index contributed by atoms with van der Waals surface area (Å²) < 4.78 is 5.34. The number of urea groups is 1. The SMILES string of the molecule is CCOCc1cccc(NC(=O)NCCC(O)C(C)C)c1. The van der Waals surface area contributed by atoms with Gasteiger partial charge in [-0.2, -0.15) is 0 Å². The monoisotopic (exact) mass is 294 g/mol. The highest BCUT2D eigenvalue weighted by Crippen LogP contribution is 2.11. The van der Waals surface area contributed by atoms with Crippen molar-refractivity contribution in [1.82, 2.24) is 5.32 Å². The zero-order valence-electron chi connectivity index (χ0n) is 13.1. The van der Waals surface area contributed by atoms with Gasteiger partial charge in [-0.1, -0.05) is 26.0 Å². The number of amides is 2. The maximum absolute atomic E-state index is 11.8. The number of carbonyl (C=O) groups excluding carboxylic acids is 1. The zero-order chi connectivity index (χ0) is 15.7. The van der Waals surface area contributed by atoms with Gasteiger partial charge in [-0.25, -0.2) is 4.79 Å². The van der Waals surface area contributed by atoms with E-state index in [0.29, 0.717) is 26.2 Å². The molecule has 0 bridgehead atoms. The first kappa shape index (κ1) is 17.5. The summed E-state index contributed by atoms with van der Waals surface area (Å²) in [4.78, 5) is 11.8. The van der Waals surface area contributed by atoms with Crippen LogP contribution in [0, 0.1) is 5.92 Å². The summed E-state index contributed by atoms with van der Waals surface area (Å²) in [5.41, 5.74) is 1.75. The predicted octanol–water partition coefficient (Wildman–Crippen LogP) is 2.75. The molecule has 0 saturated heterocycles. The van der Waals surface area contributed by atoms with Crippen LogP contribution in [-0.4, -0.2) is 30.4 Å². The third-order valence-electron chi connectivity index (χ3n) is 3.15. The van der Waals surface area contributed by atoms with Crippen molar-refractivity contribution in [3.8, 4) is 0 Å². The number of anilines is 1. The Morgan fingerprint density at radius 2 is 2.14 bits per heavy atom. The van der Waals surface area contributed by atoms with Crippen LogP contribution in [0.4, 0.5) is 10.5 Å². The summed E-state index contributed by atoms with van der Waals surface area (Å²) in [6, 6.07) is 7.29. The third kappa shape index (κ3) is 7.11. The van der Waals surface area contributed by atoms with Crippen molar-refractivity contribution >= 4 is 11.7 Å². The molecule has 1 atom stereocenters. The normalized spacial score (nSPS) is 12.2. The topological polar surface area (TPSA) is 70.6 Å². The molecule has 0 aliphatic carbocycles. The number of nitrogens with one attached hydrogen (secondary N) is 2. The molecule has 0 fully saturated rings. The lowest BCUT2D eigenvalue weighted by Gasteiger charge is -2.15. The lowest BCUT2D eigenvalue weighted by Crippen LogP contribution is -2.32. The molecule has 0 saturated carbocycles. The summed E-state index contributed by atoms with van der Waals surface area (Å²) in [6.45, 7) is 7.50. The Morgan fingerprint density at radius 1 is 1.38 bits per heavy atom. The van der Waals surface area contributed by atoms with Crippen LogP contribution in [0.2, 0.25) is 0 Å². The minimum atomic E-state index is -0.389. The number of aliphatic hydroxyl groups excluding tert-OH is 1. The molecule has 1 unspecified atom stereocenters. The molecule has 5 heteroatoms. The Morgan fingerprint density at radius 3 is 2.81 bits per heavy atom. The fourth-order valence-electron chi connectivity index (χ4n) is 1.80. The summed E-state index contributed by atoms with van der Waals surface area (Å²) in [5, 5.41) is 15.2. The third-order valence-corrected chi connectivity index (χ3v) is 3.15. The van der Waals surface area contributed by atoms with Gasteiger partial charge in [0.25, 0.3) is 0 Å². The Bertz CT molecular complexity index is 435. The van der Waals surface area contributed by atoms with Crippen molar-refractivity contribution in [2.45, 2.75) is 39.9 Å². The first-order valence-electron chi connectivity index (χ1n) is 7.42. The molecule has 5 nitrogen and oxygen atoms in total. The van der Waals surface area contributed by atoms with Crippen LogP contribution in [-0.2, 0) is 11.3 Å². The van der Waals surface area contributed by atoms with Gasteiger partial charge in [0.05, 0.1) is 12.7 Å². The summed E-state index contributed by atoms with van der Waals surface area (Å²) in [7, 11) is 0. The van der Waals surface area contributed by atoms with Gasteiger partial charge >= 0.3 is 6.03 Å². The second-order valence-electron chi connectivity index (χ2n) is 5.32. The van der Waals surface area contributed by atoms with E-state index in [4.69, 9.17) is 4.74 Å². The van der Waals surface area contributed by atoms with Gasteiger partial charge in [-0.05, 0) is 37.0 Å². The molecule has 3 N–H and O–H groups in total. The second kappa shape index (κ2) is 9.37. The molecule has 21 heavy (non-hydrogen) atoms. The van der Waals surface area contributed by atoms with Gasteiger partial charge in [0.2, 0.25) is 0 Å². The largest absolute Gasteiger partial charge is 0.393 e. The molecular weight excluding hydrogens is 268 g/mol. The highest BCUT2D eigenvalue weighted by atomic mass is 16.5. The van der Waals surface area contributed by atoms with E-state index < -0.39 is 0 Å². The van der Waals surface area contributed by atoms with Gasteiger partial charge in [-0.3, -0.25) is 0 Å². The molecule has 1 aromatic carbocycles. The number of ether oxygens (including phenoxy) is 1. The van der Waals surface area contributed by atoms with Crippen molar-refractivity contribution in [1.29, 1.82) is 0 Å². The lowest BCUT2D eigenvalue weighted by atomic mass is 10.0. The average Bonchev–Trinajstić information content (AvgIpc) is 2.45.